The Morgan fingerprint density at radius 1 is 1.30 bits per heavy atom. The monoisotopic (exact) mass is 336 g/mol. The average molecular weight is 337 g/mol. The summed E-state index contributed by atoms with van der Waals surface area (Å²) >= 11 is 3.30. The number of aryl methyl sites for hydroxylation is 1. The number of H-pyrrole nitrogens is 1. The minimum Gasteiger partial charge on any atom is -0.293 e. The van der Waals surface area contributed by atoms with Crippen LogP contribution < -0.4 is 11.2 Å². The second kappa shape index (κ2) is 6.00. The normalized spacial score (nSPS) is 10.5. The summed E-state index contributed by atoms with van der Waals surface area (Å²) < 4.78 is 1.90. The number of hydrogen-bond acceptors (Lipinski definition) is 3. The van der Waals surface area contributed by atoms with Crippen molar-refractivity contribution in [2.75, 3.05) is 0 Å². The van der Waals surface area contributed by atoms with Gasteiger partial charge in [0.15, 0.2) is 5.78 Å². The zero-order valence-electron chi connectivity index (χ0n) is 10.9. The molecule has 1 heterocycles. The third kappa shape index (κ3) is 2.96. The van der Waals surface area contributed by atoms with E-state index in [4.69, 9.17) is 0 Å². The van der Waals surface area contributed by atoms with Crippen LogP contribution in [0.2, 0.25) is 0 Å². The fourth-order valence-corrected chi connectivity index (χ4v) is 2.36. The minimum absolute atomic E-state index is 0.106. The number of carbonyl (C=O) groups is 1. The quantitative estimate of drug-likeness (QED) is 0.864. The predicted molar refractivity (Wildman–Crippen MR) is 79.2 cm³/mol. The molecule has 2 aromatic rings. The third-order valence-electron chi connectivity index (χ3n) is 2.95. The van der Waals surface area contributed by atoms with E-state index in [1.807, 2.05) is 13.0 Å². The maximum Gasteiger partial charge on any atom is 0.328 e. The number of hydrogen-bond donors (Lipinski definition) is 1. The van der Waals surface area contributed by atoms with Gasteiger partial charge in [0.05, 0.1) is 6.54 Å². The molecule has 1 aromatic heterocycles. The lowest BCUT2D eigenvalue weighted by atomic mass is 10.1. The second-order valence-corrected chi connectivity index (χ2v) is 5.15. The van der Waals surface area contributed by atoms with Crippen molar-refractivity contribution in [1.29, 1.82) is 0 Å². The number of benzene rings is 1. The standard InChI is InChI=1S/C14H13BrN2O3/c1-2-9-7-17(14(20)16-13(9)19)8-12(18)10-5-3-4-6-11(10)15/h3-7H,2,8H2,1H3,(H,16,19,20). The van der Waals surface area contributed by atoms with Crippen LogP contribution in [0.3, 0.4) is 0 Å². The van der Waals surface area contributed by atoms with Gasteiger partial charge in [-0.2, -0.15) is 0 Å². The molecule has 5 nitrogen and oxygen atoms in total. The molecule has 0 unspecified atom stereocenters. The summed E-state index contributed by atoms with van der Waals surface area (Å²) in [4.78, 5) is 37.6. The molecule has 2 rings (SSSR count). The van der Waals surface area contributed by atoms with Crippen LogP contribution in [0.15, 0.2) is 44.5 Å². The number of aromatic amines is 1. The number of Topliss-reactive ketones (excluding diaryl/α,β-unsaturated/α-hetero) is 1. The Labute approximate surface area is 123 Å². The highest BCUT2D eigenvalue weighted by Gasteiger charge is 2.12. The van der Waals surface area contributed by atoms with E-state index in [0.29, 0.717) is 22.0 Å². The van der Waals surface area contributed by atoms with E-state index < -0.39 is 11.2 Å². The Balaban J connectivity index is 2.36. The number of halogens is 1. The molecule has 6 heteroatoms. The van der Waals surface area contributed by atoms with E-state index in [-0.39, 0.29) is 12.3 Å². The van der Waals surface area contributed by atoms with Crippen LogP contribution in [-0.4, -0.2) is 15.3 Å². The number of carbonyl (C=O) groups excluding carboxylic acids is 1. The molecule has 0 radical (unpaired) electrons. The lowest BCUT2D eigenvalue weighted by Crippen LogP contribution is -2.33. The van der Waals surface area contributed by atoms with E-state index in [2.05, 4.69) is 20.9 Å². The van der Waals surface area contributed by atoms with Crippen molar-refractivity contribution in [3.63, 3.8) is 0 Å². The smallest absolute Gasteiger partial charge is 0.293 e. The summed E-state index contributed by atoms with van der Waals surface area (Å²) in [7, 11) is 0. The van der Waals surface area contributed by atoms with Gasteiger partial charge in [-0.25, -0.2) is 4.79 Å². The van der Waals surface area contributed by atoms with Crippen molar-refractivity contribution in [2.45, 2.75) is 19.9 Å². The second-order valence-electron chi connectivity index (χ2n) is 4.30. The topological polar surface area (TPSA) is 71.9 Å². The van der Waals surface area contributed by atoms with Gasteiger partial charge in [-0.3, -0.25) is 19.1 Å². The van der Waals surface area contributed by atoms with E-state index in [9.17, 15) is 14.4 Å². The summed E-state index contributed by atoms with van der Waals surface area (Å²) in [5, 5.41) is 0. The SMILES string of the molecule is CCc1cn(CC(=O)c2ccccc2Br)c(=O)[nH]c1=O. The Morgan fingerprint density at radius 3 is 2.65 bits per heavy atom. The molecule has 1 aromatic carbocycles. The van der Waals surface area contributed by atoms with Gasteiger partial charge in [0.1, 0.15) is 0 Å². The van der Waals surface area contributed by atoms with Crippen LogP contribution in [-0.2, 0) is 13.0 Å². The number of aromatic nitrogens is 2. The summed E-state index contributed by atoms with van der Waals surface area (Å²) in [5.74, 6) is -0.200. The molecule has 104 valence electrons. The van der Waals surface area contributed by atoms with E-state index >= 15 is 0 Å². The first-order chi connectivity index (χ1) is 9.52. The molecule has 0 aliphatic carbocycles. The predicted octanol–water partition coefficient (Wildman–Crippen LogP) is 1.74. The lowest BCUT2D eigenvalue weighted by molar-refractivity contribution is 0.0969. The lowest BCUT2D eigenvalue weighted by Gasteiger charge is -2.07. The third-order valence-corrected chi connectivity index (χ3v) is 3.65. The molecule has 0 amide bonds. The number of nitrogens with one attached hydrogen (secondary N) is 1. The van der Waals surface area contributed by atoms with E-state index in [0.717, 1.165) is 0 Å². The van der Waals surface area contributed by atoms with Gasteiger partial charge >= 0.3 is 5.69 Å². The van der Waals surface area contributed by atoms with Crippen LogP contribution in [0.4, 0.5) is 0 Å². The maximum atomic E-state index is 12.2. The Bertz CT molecular complexity index is 761. The van der Waals surface area contributed by atoms with Crippen LogP contribution in [0.5, 0.6) is 0 Å². The zero-order chi connectivity index (χ0) is 14.7. The van der Waals surface area contributed by atoms with Crippen LogP contribution >= 0.6 is 15.9 Å². The van der Waals surface area contributed by atoms with Crippen LogP contribution in [0, 0.1) is 0 Å². The van der Waals surface area contributed by atoms with Gasteiger partial charge in [-0.1, -0.05) is 41.1 Å². The number of nitrogens with zero attached hydrogens (tertiary/aromatic N) is 1. The van der Waals surface area contributed by atoms with E-state index in [1.54, 1.807) is 18.2 Å². The first-order valence-corrected chi connectivity index (χ1v) is 6.92. The van der Waals surface area contributed by atoms with Gasteiger partial charge in [0.2, 0.25) is 0 Å². The fraction of sp³-hybridized carbons (Fsp3) is 0.214. The fourth-order valence-electron chi connectivity index (χ4n) is 1.85. The molecule has 0 aliphatic heterocycles. The first kappa shape index (κ1) is 14.5. The largest absolute Gasteiger partial charge is 0.328 e. The molecule has 1 N–H and O–H groups in total. The molecular formula is C14H13BrN2O3. The molecule has 0 saturated heterocycles. The molecule has 0 aliphatic rings. The average Bonchev–Trinajstić information content (AvgIpc) is 2.42. The van der Waals surface area contributed by atoms with Gasteiger partial charge < -0.3 is 0 Å². The first-order valence-electron chi connectivity index (χ1n) is 6.13. The summed E-state index contributed by atoms with van der Waals surface area (Å²) in [6.45, 7) is 1.71. The highest BCUT2D eigenvalue weighted by Crippen LogP contribution is 2.16. The molecule has 0 spiro atoms. The Hall–Kier alpha value is -1.95. The molecule has 0 saturated carbocycles. The molecule has 20 heavy (non-hydrogen) atoms. The van der Waals surface area contributed by atoms with Crippen molar-refractivity contribution in [2.24, 2.45) is 0 Å². The number of ketones is 1. The Kier molecular flexibility index (Phi) is 4.34. The summed E-state index contributed by atoms with van der Waals surface area (Å²) in [6, 6.07) is 7.01. The van der Waals surface area contributed by atoms with Gasteiger partial charge in [-0.15, -0.1) is 0 Å². The molecule has 0 fully saturated rings. The van der Waals surface area contributed by atoms with Gasteiger partial charge in [0.25, 0.3) is 5.56 Å². The van der Waals surface area contributed by atoms with E-state index in [1.165, 1.54) is 10.8 Å². The van der Waals surface area contributed by atoms with Gasteiger partial charge in [0, 0.05) is 21.8 Å². The molecule has 0 bridgehead atoms. The van der Waals surface area contributed by atoms with Crippen molar-refractivity contribution < 1.29 is 4.79 Å². The zero-order valence-corrected chi connectivity index (χ0v) is 12.4. The highest BCUT2D eigenvalue weighted by atomic mass is 79.9. The van der Waals surface area contributed by atoms with Crippen molar-refractivity contribution in [1.82, 2.24) is 9.55 Å². The van der Waals surface area contributed by atoms with Crippen LogP contribution in [0.1, 0.15) is 22.8 Å². The number of rotatable bonds is 4. The highest BCUT2D eigenvalue weighted by molar-refractivity contribution is 9.10. The molecule has 0 atom stereocenters. The minimum atomic E-state index is -0.576. The van der Waals surface area contributed by atoms with Crippen molar-refractivity contribution >= 4 is 21.7 Å². The summed E-state index contributed by atoms with van der Waals surface area (Å²) in [5.41, 5.74) is 0.00266. The molecular weight excluding hydrogens is 324 g/mol. The van der Waals surface area contributed by atoms with Crippen LogP contribution in [0.25, 0.3) is 0 Å². The summed E-state index contributed by atoms with van der Waals surface area (Å²) in [6.07, 6.45) is 1.94. The van der Waals surface area contributed by atoms with Crippen molar-refractivity contribution in [3.8, 4) is 0 Å². The van der Waals surface area contributed by atoms with Gasteiger partial charge in [-0.05, 0) is 12.5 Å². The maximum absolute atomic E-state index is 12.2. The Morgan fingerprint density at radius 2 is 2.00 bits per heavy atom. The van der Waals surface area contributed by atoms with Crippen molar-refractivity contribution in [3.05, 3.63) is 66.9 Å².